The van der Waals surface area contributed by atoms with Gasteiger partial charge in [-0.2, -0.15) is 0 Å². The molecule has 4 nitrogen and oxygen atoms in total. The molecule has 1 fully saturated rings. The van der Waals surface area contributed by atoms with Gasteiger partial charge in [0.25, 0.3) is 0 Å². The number of anilines is 2. The van der Waals surface area contributed by atoms with Gasteiger partial charge in [-0.05, 0) is 49.6 Å². The van der Waals surface area contributed by atoms with Crippen LogP contribution in [0, 0.1) is 43.1 Å². The minimum atomic E-state index is -1.65. The lowest BCUT2D eigenvalue weighted by Gasteiger charge is -2.10. The zero-order valence-corrected chi connectivity index (χ0v) is 14.2. The van der Waals surface area contributed by atoms with Gasteiger partial charge in [0.05, 0.1) is 17.5 Å². The summed E-state index contributed by atoms with van der Waals surface area (Å²) >= 11 is 0. The summed E-state index contributed by atoms with van der Waals surface area (Å²) in [5.74, 6) is -6.52. The third-order valence-electron chi connectivity index (χ3n) is 4.62. The Morgan fingerprint density at radius 3 is 2.15 bits per heavy atom. The molecule has 0 saturated heterocycles. The van der Waals surface area contributed by atoms with Crippen molar-refractivity contribution in [2.75, 3.05) is 10.6 Å². The van der Waals surface area contributed by atoms with Crippen LogP contribution in [0.5, 0.6) is 0 Å². The second kappa shape index (κ2) is 6.82. The predicted octanol–water partition coefficient (Wildman–Crippen LogP) is 3.93. The number of rotatable bonds is 4. The van der Waals surface area contributed by atoms with Gasteiger partial charge >= 0.3 is 0 Å². The van der Waals surface area contributed by atoms with Gasteiger partial charge in [-0.25, -0.2) is 13.2 Å². The van der Waals surface area contributed by atoms with Crippen molar-refractivity contribution in [2.24, 2.45) is 11.8 Å². The van der Waals surface area contributed by atoms with E-state index in [9.17, 15) is 22.8 Å². The zero-order chi connectivity index (χ0) is 19.0. The van der Waals surface area contributed by atoms with Crippen molar-refractivity contribution in [3.05, 3.63) is 58.9 Å². The van der Waals surface area contributed by atoms with Crippen molar-refractivity contribution in [1.82, 2.24) is 0 Å². The molecule has 1 saturated carbocycles. The fraction of sp³-hybridized carbons (Fsp3) is 0.263. The van der Waals surface area contributed by atoms with E-state index in [1.807, 2.05) is 26.0 Å². The average Bonchev–Trinajstić information content (AvgIpc) is 3.40. The Kier molecular flexibility index (Phi) is 4.71. The number of aryl methyl sites for hydroxylation is 1. The molecule has 3 rings (SSSR count). The number of nitrogens with one attached hydrogen (secondary N) is 2. The fourth-order valence-corrected chi connectivity index (χ4v) is 2.73. The first-order valence-electron chi connectivity index (χ1n) is 8.11. The maximum atomic E-state index is 13.6. The Labute approximate surface area is 148 Å². The number of benzene rings is 2. The second-order valence-corrected chi connectivity index (χ2v) is 6.40. The average molecular weight is 362 g/mol. The Balaban J connectivity index is 1.63. The number of carbonyl (C=O) groups excluding carboxylic acids is 2. The summed E-state index contributed by atoms with van der Waals surface area (Å²) < 4.78 is 39.8. The highest BCUT2D eigenvalue weighted by Gasteiger charge is 2.48. The molecule has 2 N–H and O–H groups in total. The van der Waals surface area contributed by atoms with Crippen LogP contribution < -0.4 is 10.6 Å². The van der Waals surface area contributed by atoms with Gasteiger partial charge in [-0.15, -0.1) is 0 Å². The Morgan fingerprint density at radius 2 is 1.50 bits per heavy atom. The summed E-state index contributed by atoms with van der Waals surface area (Å²) in [6.45, 7) is 3.81. The van der Waals surface area contributed by atoms with Gasteiger partial charge in [-0.1, -0.05) is 12.1 Å². The maximum absolute atomic E-state index is 13.6. The summed E-state index contributed by atoms with van der Waals surface area (Å²) in [7, 11) is 0. The molecule has 26 heavy (non-hydrogen) atoms. The molecule has 0 spiro atoms. The minimum absolute atomic E-state index is 0.301. The number of halogens is 3. The van der Waals surface area contributed by atoms with E-state index in [1.54, 1.807) is 6.07 Å². The van der Waals surface area contributed by atoms with Crippen LogP contribution in [0.25, 0.3) is 0 Å². The van der Waals surface area contributed by atoms with E-state index in [0.717, 1.165) is 23.3 Å². The largest absolute Gasteiger partial charge is 0.326 e. The van der Waals surface area contributed by atoms with Crippen molar-refractivity contribution in [3.8, 4) is 0 Å². The zero-order valence-electron chi connectivity index (χ0n) is 14.2. The molecule has 0 heterocycles. The molecule has 1 aliphatic carbocycles. The molecule has 7 heteroatoms. The van der Waals surface area contributed by atoms with Gasteiger partial charge in [-0.3, -0.25) is 9.59 Å². The molecule has 1 aliphatic rings. The third kappa shape index (κ3) is 3.42. The standard InChI is InChI=1S/C19H17F3N2O2/c1-9-4-3-5-14(10(9)2)23-18(25)11-8-12(11)19(26)24-15-7-6-13(20)16(21)17(15)22/h3-7,11-12H,8H2,1-2H3,(H,23,25)(H,24,26). The lowest BCUT2D eigenvalue weighted by atomic mass is 10.1. The van der Waals surface area contributed by atoms with E-state index < -0.39 is 40.9 Å². The summed E-state index contributed by atoms with van der Waals surface area (Å²) in [6.07, 6.45) is 0.313. The van der Waals surface area contributed by atoms with Crippen LogP contribution in [-0.2, 0) is 9.59 Å². The Bertz CT molecular complexity index is 899. The lowest BCUT2D eigenvalue weighted by molar-refractivity contribution is -0.122. The first kappa shape index (κ1) is 18.0. The van der Waals surface area contributed by atoms with E-state index in [2.05, 4.69) is 10.6 Å². The SMILES string of the molecule is Cc1cccc(NC(=O)C2CC2C(=O)Nc2ccc(F)c(F)c2F)c1C. The normalized spacial score (nSPS) is 18.3. The smallest absolute Gasteiger partial charge is 0.228 e. The van der Waals surface area contributed by atoms with Crippen LogP contribution in [0.1, 0.15) is 17.5 Å². The monoisotopic (exact) mass is 362 g/mol. The summed E-state index contributed by atoms with van der Waals surface area (Å²) in [6, 6.07) is 7.19. The van der Waals surface area contributed by atoms with Crippen molar-refractivity contribution in [1.29, 1.82) is 0 Å². The van der Waals surface area contributed by atoms with Crippen LogP contribution in [0.2, 0.25) is 0 Å². The van der Waals surface area contributed by atoms with E-state index in [1.165, 1.54) is 0 Å². The Morgan fingerprint density at radius 1 is 0.885 bits per heavy atom. The van der Waals surface area contributed by atoms with Crippen LogP contribution in [-0.4, -0.2) is 11.8 Å². The molecule has 2 aromatic carbocycles. The predicted molar refractivity (Wildman–Crippen MR) is 91.1 cm³/mol. The van der Waals surface area contributed by atoms with Crippen LogP contribution in [0.3, 0.4) is 0 Å². The minimum Gasteiger partial charge on any atom is -0.326 e. The summed E-state index contributed by atoms with van der Waals surface area (Å²) in [5, 5.41) is 5.00. The molecule has 2 atom stereocenters. The Hall–Kier alpha value is -2.83. The highest BCUT2D eigenvalue weighted by Crippen LogP contribution is 2.40. The molecule has 2 aromatic rings. The molecule has 0 aliphatic heterocycles. The highest BCUT2D eigenvalue weighted by atomic mass is 19.2. The van der Waals surface area contributed by atoms with E-state index in [0.29, 0.717) is 12.1 Å². The molecular formula is C19H17F3N2O2. The highest BCUT2D eigenvalue weighted by molar-refractivity contribution is 6.03. The lowest BCUT2D eigenvalue weighted by Crippen LogP contribution is -2.21. The van der Waals surface area contributed by atoms with Crippen LogP contribution in [0.15, 0.2) is 30.3 Å². The van der Waals surface area contributed by atoms with Crippen molar-refractivity contribution >= 4 is 23.2 Å². The molecular weight excluding hydrogens is 345 g/mol. The number of hydrogen-bond donors (Lipinski definition) is 2. The molecule has 2 amide bonds. The van der Waals surface area contributed by atoms with Gasteiger partial charge in [0.1, 0.15) is 0 Å². The summed E-state index contributed by atoms with van der Waals surface area (Å²) in [5.41, 5.74) is 2.19. The molecule has 0 bridgehead atoms. The quantitative estimate of drug-likeness (QED) is 0.810. The first-order chi connectivity index (χ1) is 12.3. The van der Waals surface area contributed by atoms with E-state index in [-0.39, 0.29) is 5.91 Å². The summed E-state index contributed by atoms with van der Waals surface area (Å²) in [4.78, 5) is 24.4. The maximum Gasteiger partial charge on any atom is 0.228 e. The molecule has 136 valence electrons. The van der Waals surface area contributed by atoms with Crippen molar-refractivity contribution in [3.63, 3.8) is 0 Å². The van der Waals surface area contributed by atoms with E-state index >= 15 is 0 Å². The van der Waals surface area contributed by atoms with Gasteiger partial charge < -0.3 is 10.6 Å². The fourth-order valence-electron chi connectivity index (χ4n) is 2.73. The number of amides is 2. The van der Waals surface area contributed by atoms with E-state index in [4.69, 9.17) is 0 Å². The second-order valence-electron chi connectivity index (χ2n) is 6.40. The number of hydrogen-bond acceptors (Lipinski definition) is 2. The molecule has 0 aromatic heterocycles. The topological polar surface area (TPSA) is 58.2 Å². The van der Waals surface area contributed by atoms with Gasteiger partial charge in [0.15, 0.2) is 17.5 Å². The third-order valence-corrected chi connectivity index (χ3v) is 4.62. The molecule has 2 unspecified atom stereocenters. The molecule has 0 radical (unpaired) electrons. The van der Waals surface area contributed by atoms with Crippen LogP contribution >= 0.6 is 0 Å². The number of carbonyl (C=O) groups is 2. The van der Waals surface area contributed by atoms with Gasteiger partial charge in [0, 0.05) is 5.69 Å². The van der Waals surface area contributed by atoms with Crippen LogP contribution in [0.4, 0.5) is 24.5 Å². The van der Waals surface area contributed by atoms with Gasteiger partial charge in [0.2, 0.25) is 11.8 Å². The first-order valence-corrected chi connectivity index (χ1v) is 8.11. The van der Waals surface area contributed by atoms with Crippen molar-refractivity contribution < 1.29 is 22.8 Å². The van der Waals surface area contributed by atoms with Crippen molar-refractivity contribution in [2.45, 2.75) is 20.3 Å².